The van der Waals surface area contributed by atoms with Gasteiger partial charge in [0.15, 0.2) is 6.61 Å². The number of hydrogen-bond acceptors (Lipinski definition) is 4. The third-order valence-electron chi connectivity index (χ3n) is 7.26. The summed E-state index contributed by atoms with van der Waals surface area (Å²) in [6, 6.07) is 14.7. The van der Waals surface area contributed by atoms with Crippen LogP contribution in [0.2, 0.25) is 5.02 Å². The molecule has 1 N–H and O–H groups in total. The number of rotatable bonds is 6. The van der Waals surface area contributed by atoms with E-state index in [9.17, 15) is 9.59 Å². The van der Waals surface area contributed by atoms with Crippen LogP contribution in [-0.2, 0) is 14.3 Å². The summed E-state index contributed by atoms with van der Waals surface area (Å²) in [5.74, 6) is 1.32. The van der Waals surface area contributed by atoms with E-state index in [1.165, 1.54) is 12.8 Å². The number of nitrogens with one attached hydrogen (secondary N) is 1. The van der Waals surface area contributed by atoms with E-state index in [0.29, 0.717) is 22.6 Å². The number of ether oxygens (including phenoxy) is 2. The van der Waals surface area contributed by atoms with E-state index in [1.54, 1.807) is 24.3 Å². The number of anilines is 1. The predicted molar refractivity (Wildman–Crippen MR) is 131 cm³/mol. The van der Waals surface area contributed by atoms with Crippen molar-refractivity contribution in [2.45, 2.75) is 50.7 Å². The van der Waals surface area contributed by atoms with Gasteiger partial charge >= 0.3 is 0 Å². The molecule has 2 heterocycles. The zero-order valence-electron chi connectivity index (χ0n) is 19.3. The molecule has 0 radical (unpaired) electrons. The average Bonchev–Trinajstić information content (AvgIpc) is 3.53. The summed E-state index contributed by atoms with van der Waals surface area (Å²) in [4.78, 5) is 27.3. The van der Waals surface area contributed by atoms with Gasteiger partial charge in [-0.2, -0.15) is 0 Å². The highest BCUT2D eigenvalue weighted by molar-refractivity contribution is 6.30. The van der Waals surface area contributed by atoms with E-state index >= 15 is 0 Å². The third-order valence-corrected chi connectivity index (χ3v) is 7.51. The van der Waals surface area contributed by atoms with Crippen LogP contribution in [0.25, 0.3) is 0 Å². The Kier molecular flexibility index (Phi) is 7.07. The number of piperidine rings is 1. The van der Waals surface area contributed by atoms with Gasteiger partial charge in [-0.05, 0) is 67.6 Å². The van der Waals surface area contributed by atoms with Crippen LogP contribution in [0.5, 0.6) is 5.75 Å². The van der Waals surface area contributed by atoms with E-state index in [1.807, 2.05) is 24.3 Å². The molecular formula is C27H31ClN2O4. The van der Waals surface area contributed by atoms with E-state index in [-0.39, 0.29) is 30.6 Å². The number of likely N-dealkylation sites (tertiary alicyclic amines) is 1. The molecular weight excluding hydrogens is 452 g/mol. The number of carbonyl (C=O) groups is 2. The van der Waals surface area contributed by atoms with E-state index < -0.39 is 0 Å². The smallest absolute Gasteiger partial charge is 0.262 e. The van der Waals surface area contributed by atoms with Crippen molar-refractivity contribution in [2.24, 2.45) is 11.8 Å². The van der Waals surface area contributed by atoms with Crippen LogP contribution >= 0.6 is 11.6 Å². The quantitative estimate of drug-likeness (QED) is 0.612. The normalized spacial score (nSPS) is 24.6. The molecule has 1 aliphatic carbocycles. The van der Waals surface area contributed by atoms with Crippen LogP contribution < -0.4 is 10.1 Å². The number of amides is 2. The first-order chi connectivity index (χ1) is 16.5. The second-order valence-electron chi connectivity index (χ2n) is 9.63. The second kappa shape index (κ2) is 10.4. The minimum atomic E-state index is -0.228. The van der Waals surface area contributed by atoms with Crippen molar-refractivity contribution >= 4 is 29.1 Å². The fourth-order valence-electron chi connectivity index (χ4n) is 5.50. The van der Waals surface area contributed by atoms with Crippen LogP contribution in [0.3, 0.4) is 0 Å². The van der Waals surface area contributed by atoms with Crippen LogP contribution in [0, 0.1) is 11.8 Å². The molecule has 3 aliphatic rings. The molecule has 1 saturated carbocycles. The minimum Gasteiger partial charge on any atom is -0.484 e. The van der Waals surface area contributed by atoms with Crippen LogP contribution in [0.4, 0.5) is 5.69 Å². The molecule has 3 unspecified atom stereocenters. The fraction of sp³-hybridized carbons (Fsp3) is 0.481. The van der Waals surface area contributed by atoms with Gasteiger partial charge in [-0.15, -0.1) is 0 Å². The molecule has 6 nitrogen and oxygen atoms in total. The highest BCUT2D eigenvalue weighted by Gasteiger charge is 2.41. The lowest BCUT2D eigenvalue weighted by atomic mass is 9.90. The highest BCUT2D eigenvalue weighted by atomic mass is 35.5. The van der Waals surface area contributed by atoms with E-state index in [2.05, 4.69) is 10.2 Å². The lowest BCUT2D eigenvalue weighted by molar-refractivity contribution is -0.138. The molecule has 5 rings (SSSR count). The standard InChI is InChI=1S/C27H31ClN2O4/c28-21-8-10-23(11-9-21)33-17-26(31)29-22-7-3-6-19(14-22)25-15-20-16-30(13-12-24(20)34-25)27(32)18-4-1-2-5-18/h3,6-11,14,18,20,24-25H,1-2,4-5,12-13,15-17H2,(H,29,31). The summed E-state index contributed by atoms with van der Waals surface area (Å²) in [7, 11) is 0. The summed E-state index contributed by atoms with van der Waals surface area (Å²) in [5, 5.41) is 3.53. The van der Waals surface area contributed by atoms with Gasteiger partial charge in [0.05, 0.1) is 12.2 Å². The summed E-state index contributed by atoms with van der Waals surface area (Å²) < 4.78 is 11.9. The topological polar surface area (TPSA) is 67.9 Å². The van der Waals surface area contributed by atoms with E-state index in [0.717, 1.165) is 50.0 Å². The molecule has 2 aromatic carbocycles. The SMILES string of the molecule is O=C(COc1ccc(Cl)cc1)Nc1cccc(C2CC3CN(C(=O)C4CCCC4)CCC3O2)c1. The Balaban J connectivity index is 1.15. The maximum Gasteiger partial charge on any atom is 0.262 e. The summed E-state index contributed by atoms with van der Waals surface area (Å²) in [6.45, 7) is 1.52. The molecule has 34 heavy (non-hydrogen) atoms. The molecule has 2 aliphatic heterocycles. The average molecular weight is 483 g/mol. The molecule has 2 aromatic rings. The third kappa shape index (κ3) is 5.39. The van der Waals surface area contributed by atoms with Crippen LogP contribution in [0.15, 0.2) is 48.5 Å². The number of hydrogen-bond donors (Lipinski definition) is 1. The van der Waals surface area contributed by atoms with Crippen molar-refractivity contribution in [3.8, 4) is 5.75 Å². The van der Waals surface area contributed by atoms with Crippen molar-refractivity contribution in [3.05, 3.63) is 59.1 Å². The molecule has 0 spiro atoms. The van der Waals surface area contributed by atoms with Gasteiger partial charge in [-0.1, -0.05) is 36.6 Å². The Hall–Kier alpha value is -2.57. The zero-order valence-corrected chi connectivity index (χ0v) is 20.0. The zero-order chi connectivity index (χ0) is 23.5. The molecule has 2 saturated heterocycles. The Morgan fingerprint density at radius 1 is 1.09 bits per heavy atom. The molecule has 0 bridgehead atoms. The highest BCUT2D eigenvalue weighted by Crippen LogP contribution is 2.42. The maximum atomic E-state index is 12.9. The minimum absolute atomic E-state index is 0.0151. The predicted octanol–water partition coefficient (Wildman–Crippen LogP) is 5.23. The first-order valence-corrected chi connectivity index (χ1v) is 12.7. The van der Waals surface area contributed by atoms with Gasteiger partial charge in [0.1, 0.15) is 5.75 Å². The molecule has 3 atom stereocenters. The van der Waals surface area contributed by atoms with Gasteiger partial charge in [-0.3, -0.25) is 9.59 Å². The van der Waals surface area contributed by atoms with Crippen molar-refractivity contribution in [2.75, 3.05) is 25.0 Å². The summed E-state index contributed by atoms with van der Waals surface area (Å²) in [6.07, 6.45) is 6.44. The van der Waals surface area contributed by atoms with E-state index in [4.69, 9.17) is 21.1 Å². The van der Waals surface area contributed by atoms with Crippen LogP contribution in [-0.4, -0.2) is 42.5 Å². The van der Waals surface area contributed by atoms with Crippen molar-refractivity contribution in [1.82, 2.24) is 4.90 Å². The van der Waals surface area contributed by atoms with Crippen LogP contribution in [0.1, 0.15) is 50.2 Å². The van der Waals surface area contributed by atoms with Gasteiger partial charge < -0.3 is 19.7 Å². The van der Waals surface area contributed by atoms with Crippen molar-refractivity contribution < 1.29 is 19.1 Å². The molecule has 7 heteroatoms. The lowest BCUT2D eigenvalue weighted by Crippen LogP contribution is -2.46. The number of benzene rings is 2. The van der Waals surface area contributed by atoms with Gasteiger partial charge in [0, 0.05) is 35.6 Å². The van der Waals surface area contributed by atoms with Gasteiger partial charge in [0.25, 0.3) is 5.91 Å². The maximum absolute atomic E-state index is 12.9. The molecule has 180 valence electrons. The summed E-state index contributed by atoms with van der Waals surface area (Å²) in [5.41, 5.74) is 1.78. The Morgan fingerprint density at radius 3 is 2.68 bits per heavy atom. The first kappa shape index (κ1) is 23.2. The van der Waals surface area contributed by atoms with Gasteiger partial charge in [-0.25, -0.2) is 0 Å². The summed E-state index contributed by atoms with van der Waals surface area (Å²) >= 11 is 5.88. The molecule has 0 aromatic heterocycles. The number of halogens is 1. The Bertz CT molecular complexity index is 1020. The number of nitrogens with zero attached hydrogens (tertiary/aromatic N) is 1. The van der Waals surface area contributed by atoms with Crippen molar-refractivity contribution in [3.63, 3.8) is 0 Å². The monoisotopic (exact) mass is 482 g/mol. The lowest BCUT2D eigenvalue weighted by Gasteiger charge is -2.35. The fourth-order valence-corrected chi connectivity index (χ4v) is 5.62. The Morgan fingerprint density at radius 2 is 1.88 bits per heavy atom. The molecule has 3 fully saturated rings. The first-order valence-electron chi connectivity index (χ1n) is 12.3. The number of carbonyl (C=O) groups excluding carboxylic acids is 2. The Labute approximate surface area is 205 Å². The van der Waals surface area contributed by atoms with Crippen molar-refractivity contribution in [1.29, 1.82) is 0 Å². The molecule has 2 amide bonds. The largest absolute Gasteiger partial charge is 0.484 e. The second-order valence-corrected chi connectivity index (χ2v) is 10.1. The number of fused-ring (bicyclic) bond motifs is 1. The van der Waals surface area contributed by atoms with Gasteiger partial charge in [0.2, 0.25) is 5.91 Å².